The summed E-state index contributed by atoms with van der Waals surface area (Å²) in [6.07, 6.45) is 1.53. The number of aryl methyl sites for hydroxylation is 1. The van der Waals surface area contributed by atoms with Crippen molar-refractivity contribution in [3.63, 3.8) is 0 Å². The number of aromatic carboxylic acids is 1. The van der Waals surface area contributed by atoms with Crippen LogP contribution in [-0.2, 0) is 4.74 Å². The third-order valence-electron chi connectivity index (χ3n) is 3.57. The molecule has 1 aromatic rings. The summed E-state index contributed by atoms with van der Waals surface area (Å²) in [4.78, 5) is 11.4. The van der Waals surface area contributed by atoms with E-state index in [0.29, 0.717) is 11.3 Å². The van der Waals surface area contributed by atoms with Gasteiger partial charge in [-0.3, -0.25) is 0 Å². The first-order chi connectivity index (χ1) is 9.38. The van der Waals surface area contributed by atoms with Gasteiger partial charge in [-0.25, -0.2) is 4.79 Å². The standard InChI is InChI=1S/C14H20N2O4/c1-7-5-11(6-8(2)19-7)20-13-12(14(17)18)9(3)10(4)15-16-13/h7-8,11H,5-6H2,1-4H3,(H,17,18). The molecule has 0 saturated carbocycles. The van der Waals surface area contributed by atoms with Crippen LogP contribution in [0.25, 0.3) is 0 Å². The van der Waals surface area contributed by atoms with E-state index in [-0.39, 0.29) is 29.8 Å². The number of rotatable bonds is 3. The third kappa shape index (κ3) is 3.07. The van der Waals surface area contributed by atoms with E-state index in [1.165, 1.54) is 0 Å². The molecule has 0 radical (unpaired) electrons. The molecule has 0 aliphatic carbocycles. The van der Waals surface area contributed by atoms with E-state index in [2.05, 4.69) is 10.2 Å². The molecule has 0 aromatic carbocycles. The minimum atomic E-state index is -1.04. The van der Waals surface area contributed by atoms with Crippen molar-refractivity contribution in [1.29, 1.82) is 0 Å². The second-order valence-electron chi connectivity index (χ2n) is 5.36. The van der Waals surface area contributed by atoms with Gasteiger partial charge in [-0.1, -0.05) is 0 Å². The average molecular weight is 280 g/mol. The number of carboxylic acid groups (broad SMARTS) is 1. The summed E-state index contributed by atoms with van der Waals surface area (Å²) in [7, 11) is 0. The molecule has 20 heavy (non-hydrogen) atoms. The van der Waals surface area contributed by atoms with Gasteiger partial charge in [0.15, 0.2) is 0 Å². The molecular formula is C14H20N2O4. The smallest absolute Gasteiger partial charge is 0.341 e. The summed E-state index contributed by atoms with van der Waals surface area (Å²) >= 11 is 0. The first kappa shape index (κ1) is 14.7. The lowest BCUT2D eigenvalue weighted by molar-refractivity contribution is -0.0732. The summed E-state index contributed by atoms with van der Waals surface area (Å²) in [6.45, 7) is 7.42. The number of hydrogen-bond donors (Lipinski definition) is 1. The molecule has 1 saturated heterocycles. The highest BCUT2D eigenvalue weighted by Gasteiger charge is 2.28. The van der Waals surface area contributed by atoms with Crippen LogP contribution in [0.3, 0.4) is 0 Å². The fraction of sp³-hybridized carbons (Fsp3) is 0.643. The highest BCUT2D eigenvalue weighted by Crippen LogP contribution is 2.26. The van der Waals surface area contributed by atoms with Gasteiger partial charge in [-0.05, 0) is 33.3 Å². The van der Waals surface area contributed by atoms with Gasteiger partial charge in [-0.15, -0.1) is 5.10 Å². The highest BCUT2D eigenvalue weighted by molar-refractivity contribution is 5.92. The lowest BCUT2D eigenvalue weighted by Gasteiger charge is -2.32. The molecular weight excluding hydrogens is 260 g/mol. The highest BCUT2D eigenvalue weighted by atomic mass is 16.5. The second kappa shape index (κ2) is 5.75. The van der Waals surface area contributed by atoms with Gasteiger partial charge >= 0.3 is 5.97 Å². The first-order valence-electron chi connectivity index (χ1n) is 6.77. The molecule has 1 aromatic heterocycles. The van der Waals surface area contributed by atoms with E-state index in [0.717, 1.165) is 12.8 Å². The zero-order chi connectivity index (χ0) is 14.9. The van der Waals surface area contributed by atoms with Crippen molar-refractivity contribution in [1.82, 2.24) is 10.2 Å². The van der Waals surface area contributed by atoms with E-state index in [9.17, 15) is 9.90 Å². The van der Waals surface area contributed by atoms with Gasteiger partial charge < -0.3 is 14.6 Å². The largest absolute Gasteiger partial charge is 0.477 e. The number of nitrogens with zero attached hydrogens (tertiary/aromatic N) is 2. The maximum absolute atomic E-state index is 11.4. The SMILES string of the molecule is Cc1nnc(OC2CC(C)OC(C)C2)c(C(=O)O)c1C. The van der Waals surface area contributed by atoms with Crippen molar-refractivity contribution >= 4 is 5.97 Å². The fourth-order valence-corrected chi connectivity index (χ4v) is 2.52. The summed E-state index contributed by atoms with van der Waals surface area (Å²) < 4.78 is 11.4. The van der Waals surface area contributed by atoms with Crippen molar-refractivity contribution in [2.75, 3.05) is 0 Å². The second-order valence-corrected chi connectivity index (χ2v) is 5.36. The molecule has 1 aliphatic heterocycles. The third-order valence-corrected chi connectivity index (χ3v) is 3.57. The Morgan fingerprint density at radius 3 is 2.40 bits per heavy atom. The van der Waals surface area contributed by atoms with Crippen LogP contribution in [0.2, 0.25) is 0 Å². The van der Waals surface area contributed by atoms with Crippen LogP contribution in [0, 0.1) is 13.8 Å². The molecule has 2 unspecified atom stereocenters. The van der Waals surface area contributed by atoms with Gasteiger partial charge in [0.2, 0.25) is 5.88 Å². The number of carboxylic acids is 1. The van der Waals surface area contributed by atoms with E-state index in [4.69, 9.17) is 9.47 Å². The summed E-state index contributed by atoms with van der Waals surface area (Å²) in [5.41, 5.74) is 1.29. The Morgan fingerprint density at radius 2 is 1.85 bits per heavy atom. The minimum Gasteiger partial charge on any atom is -0.477 e. The van der Waals surface area contributed by atoms with E-state index >= 15 is 0 Å². The molecule has 0 bridgehead atoms. The molecule has 6 heteroatoms. The quantitative estimate of drug-likeness (QED) is 0.913. The van der Waals surface area contributed by atoms with E-state index < -0.39 is 5.97 Å². The number of hydrogen-bond acceptors (Lipinski definition) is 5. The summed E-state index contributed by atoms with van der Waals surface area (Å²) in [6, 6.07) is 0. The molecule has 110 valence electrons. The van der Waals surface area contributed by atoms with Gasteiger partial charge in [0.1, 0.15) is 11.7 Å². The first-order valence-corrected chi connectivity index (χ1v) is 6.77. The van der Waals surface area contributed by atoms with Crippen molar-refractivity contribution < 1.29 is 19.4 Å². The predicted octanol–water partition coefficient (Wildman–Crippen LogP) is 2.13. The predicted molar refractivity (Wildman–Crippen MR) is 72.1 cm³/mol. The molecule has 2 atom stereocenters. The van der Waals surface area contributed by atoms with Crippen molar-refractivity contribution in [3.05, 3.63) is 16.8 Å². The molecule has 6 nitrogen and oxygen atoms in total. The van der Waals surface area contributed by atoms with E-state index in [1.54, 1.807) is 13.8 Å². The Hall–Kier alpha value is -1.69. The lowest BCUT2D eigenvalue weighted by Crippen LogP contribution is -2.36. The Balaban J connectivity index is 2.25. The van der Waals surface area contributed by atoms with Crippen LogP contribution in [0.4, 0.5) is 0 Å². The molecule has 1 aliphatic rings. The van der Waals surface area contributed by atoms with Crippen LogP contribution in [0.1, 0.15) is 48.3 Å². The maximum Gasteiger partial charge on any atom is 0.341 e. The maximum atomic E-state index is 11.4. The van der Waals surface area contributed by atoms with E-state index in [1.807, 2.05) is 13.8 Å². The van der Waals surface area contributed by atoms with Gasteiger partial charge in [0.25, 0.3) is 0 Å². The lowest BCUT2D eigenvalue weighted by atomic mass is 10.0. The molecule has 0 amide bonds. The molecule has 1 fully saturated rings. The van der Waals surface area contributed by atoms with Gasteiger partial charge in [0, 0.05) is 12.8 Å². The van der Waals surface area contributed by atoms with Gasteiger partial charge in [0.05, 0.1) is 17.9 Å². The summed E-state index contributed by atoms with van der Waals surface area (Å²) in [5, 5.41) is 17.2. The Kier molecular flexibility index (Phi) is 4.23. The molecule has 2 heterocycles. The number of carbonyl (C=O) groups is 1. The monoisotopic (exact) mass is 280 g/mol. The van der Waals surface area contributed by atoms with Crippen LogP contribution < -0.4 is 4.74 Å². The van der Waals surface area contributed by atoms with Crippen molar-refractivity contribution in [2.24, 2.45) is 0 Å². The van der Waals surface area contributed by atoms with Crippen LogP contribution in [0.5, 0.6) is 5.88 Å². The van der Waals surface area contributed by atoms with Crippen LogP contribution in [0.15, 0.2) is 0 Å². The molecule has 2 rings (SSSR count). The molecule has 1 N–H and O–H groups in total. The zero-order valence-corrected chi connectivity index (χ0v) is 12.2. The Labute approximate surface area is 118 Å². The average Bonchev–Trinajstić information content (AvgIpc) is 2.32. The molecule has 0 spiro atoms. The topological polar surface area (TPSA) is 81.5 Å². The normalized spacial score (nSPS) is 26.3. The van der Waals surface area contributed by atoms with Crippen molar-refractivity contribution in [3.8, 4) is 5.88 Å². The number of aromatic nitrogens is 2. The Bertz CT molecular complexity index is 508. The zero-order valence-electron chi connectivity index (χ0n) is 12.2. The Morgan fingerprint density at radius 1 is 1.25 bits per heavy atom. The minimum absolute atomic E-state index is 0.0940. The van der Waals surface area contributed by atoms with Crippen LogP contribution >= 0.6 is 0 Å². The number of ether oxygens (including phenoxy) is 2. The van der Waals surface area contributed by atoms with Gasteiger partial charge in [-0.2, -0.15) is 5.10 Å². The fourth-order valence-electron chi connectivity index (χ4n) is 2.52. The summed E-state index contributed by atoms with van der Waals surface area (Å²) in [5.74, 6) is -0.935. The van der Waals surface area contributed by atoms with Crippen LogP contribution in [-0.4, -0.2) is 39.6 Å². The van der Waals surface area contributed by atoms with Crippen molar-refractivity contribution in [2.45, 2.75) is 58.8 Å².